The molecule has 0 saturated carbocycles. The number of nitrogens with zero attached hydrogens (tertiary/aromatic N) is 6. The zero-order valence-electron chi connectivity index (χ0n) is 17.5. The van der Waals surface area contributed by atoms with Gasteiger partial charge in [-0.15, -0.1) is 10.2 Å². The zero-order chi connectivity index (χ0) is 22.0. The molecule has 2 N–H and O–H groups in total. The first-order valence-corrected chi connectivity index (χ1v) is 10.0. The second-order valence-corrected chi connectivity index (χ2v) is 7.68. The Morgan fingerprint density at radius 2 is 1.77 bits per heavy atom. The fraction of sp³-hybridized carbons (Fsp3) is 0.273. The van der Waals surface area contributed by atoms with Gasteiger partial charge in [0.15, 0.2) is 5.82 Å². The van der Waals surface area contributed by atoms with Crippen LogP contribution in [0.1, 0.15) is 49.8 Å². The van der Waals surface area contributed by atoms with Crippen molar-refractivity contribution in [2.24, 2.45) is 0 Å². The zero-order valence-corrected chi connectivity index (χ0v) is 17.5. The second-order valence-electron chi connectivity index (χ2n) is 7.68. The van der Waals surface area contributed by atoms with Crippen LogP contribution in [-0.2, 0) is 11.3 Å². The van der Waals surface area contributed by atoms with Gasteiger partial charge in [-0.3, -0.25) is 4.79 Å². The van der Waals surface area contributed by atoms with Crippen LogP contribution in [0, 0.1) is 0 Å². The van der Waals surface area contributed by atoms with Gasteiger partial charge in [-0.1, -0.05) is 62.4 Å². The standard InChI is InChI=1S/C22H23N7O2/c1-13(2)21-23-19(14(3)22(30)31)26-29(21)12-15-8-10-16(11-9-15)17-6-4-5-7-18(17)20-24-27-28-25-20/h4-11,13-14H,12H2,1-3H3,(H,30,31)(H,24,25,27,28). The fourth-order valence-corrected chi connectivity index (χ4v) is 3.38. The van der Waals surface area contributed by atoms with Crippen LogP contribution >= 0.6 is 0 Å². The van der Waals surface area contributed by atoms with E-state index in [0.29, 0.717) is 18.2 Å². The number of tetrazole rings is 1. The van der Waals surface area contributed by atoms with E-state index >= 15 is 0 Å². The molecule has 0 saturated heterocycles. The van der Waals surface area contributed by atoms with Crippen molar-refractivity contribution in [3.63, 3.8) is 0 Å². The Kier molecular flexibility index (Phi) is 5.57. The second kappa shape index (κ2) is 8.47. The molecule has 0 bridgehead atoms. The van der Waals surface area contributed by atoms with Crippen molar-refractivity contribution in [2.75, 3.05) is 0 Å². The summed E-state index contributed by atoms with van der Waals surface area (Å²) >= 11 is 0. The first-order valence-electron chi connectivity index (χ1n) is 10.0. The minimum atomic E-state index is -0.933. The maximum absolute atomic E-state index is 11.3. The fourth-order valence-electron chi connectivity index (χ4n) is 3.38. The van der Waals surface area contributed by atoms with E-state index in [-0.39, 0.29) is 5.92 Å². The normalized spacial score (nSPS) is 12.3. The van der Waals surface area contributed by atoms with Crippen LogP contribution in [0.15, 0.2) is 48.5 Å². The summed E-state index contributed by atoms with van der Waals surface area (Å²) in [6, 6.07) is 16.1. The molecule has 0 aliphatic heterocycles. The number of aromatic amines is 1. The largest absolute Gasteiger partial charge is 0.481 e. The molecule has 2 aromatic carbocycles. The number of nitrogens with one attached hydrogen (secondary N) is 1. The van der Waals surface area contributed by atoms with Crippen molar-refractivity contribution >= 4 is 5.97 Å². The molecular weight excluding hydrogens is 394 g/mol. The molecule has 1 atom stereocenters. The third-order valence-corrected chi connectivity index (χ3v) is 5.10. The van der Waals surface area contributed by atoms with E-state index in [9.17, 15) is 9.90 Å². The van der Waals surface area contributed by atoms with E-state index in [1.807, 2.05) is 62.4 Å². The number of aromatic nitrogens is 7. The van der Waals surface area contributed by atoms with E-state index in [1.54, 1.807) is 11.6 Å². The highest BCUT2D eigenvalue weighted by molar-refractivity contribution is 5.80. The minimum absolute atomic E-state index is 0.128. The number of hydrogen-bond acceptors (Lipinski definition) is 6. The molecule has 0 fully saturated rings. The highest BCUT2D eigenvalue weighted by atomic mass is 16.4. The number of hydrogen-bond donors (Lipinski definition) is 2. The van der Waals surface area contributed by atoms with Gasteiger partial charge >= 0.3 is 5.97 Å². The van der Waals surface area contributed by atoms with Gasteiger partial charge in [-0.2, -0.15) is 10.3 Å². The Hall–Kier alpha value is -3.88. The summed E-state index contributed by atoms with van der Waals surface area (Å²) in [5.41, 5.74) is 3.99. The summed E-state index contributed by atoms with van der Waals surface area (Å²) in [7, 11) is 0. The van der Waals surface area contributed by atoms with Crippen molar-refractivity contribution < 1.29 is 9.90 Å². The number of carbonyl (C=O) groups is 1. The Morgan fingerprint density at radius 1 is 1.06 bits per heavy atom. The van der Waals surface area contributed by atoms with E-state index in [1.165, 1.54) is 0 Å². The summed E-state index contributed by atoms with van der Waals surface area (Å²) in [5.74, 6) is 0.101. The average molecular weight is 417 g/mol. The van der Waals surface area contributed by atoms with Gasteiger partial charge in [0.1, 0.15) is 11.7 Å². The first-order chi connectivity index (χ1) is 14.9. The van der Waals surface area contributed by atoms with Crippen LogP contribution in [0.5, 0.6) is 0 Å². The van der Waals surface area contributed by atoms with Gasteiger partial charge < -0.3 is 5.11 Å². The predicted molar refractivity (Wildman–Crippen MR) is 114 cm³/mol. The number of aliphatic carboxylic acids is 1. The van der Waals surface area contributed by atoms with Crippen LogP contribution < -0.4 is 0 Å². The van der Waals surface area contributed by atoms with Crippen LogP contribution in [0.2, 0.25) is 0 Å². The van der Waals surface area contributed by atoms with Crippen LogP contribution in [0.25, 0.3) is 22.5 Å². The summed E-state index contributed by atoms with van der Waals surface area (Å²) < 4.78 is 1.79. The van der Waals surface area contributed by atoms with Crippen molar-refractivity contribution in [1.29, 1.82) is 0 Å². The van der Waals surface area contributed by atoms with Crippen molar-refractivity contribution in [1.82, 2.24) is 35.4 Å². The SMILES string of the molecule is CC(C)c1nc(C(C)C(=O)O)nn1Cc1ccc(-c2ccccc2-c2nn[nH]n2)cc1. The number of carboxylic acid groups (broad SMARTS) is 1. The molecule has 4 rings (SSSR count). The van der Waals surface area contributed by atoms with Gasteiger partial charge in [0.25, 0.3) is 0 Å². The Labute approximate surface area is 179 Å². The topological polar surface area (TPSA) is 122 Å². The lowest BCUT2D eigenvalue weighted by Gasteiger charge is -2.10. The number of benzene rings is 2. The molecule has 31 heavy (non-hydrogen) atoms. The molecule has 4 aromatic rings. The molecule has 0 amide bonds. The summed E-state index contributed by atoms with van der Waals surface area (Å²) in [5, 5.41) is 28.1. The van der Waals surface area contributed by atoms with Crippen molar-refractivity contribution in [2.45, 2.75) is 39.2 Å². The predicted octanol–water partition coefficient (Wildman–Crippen LogP) is 3.49. The lowest BCUT2D eigenvalue weighted by atomic mass is 9.98. The smallest absolute Gasteiger partial charge is 0.314 e. The molecule has 0 radical (unpaired) electrons. The van der Waals surface area contributed by atoms with E-state index in [2.05, 4.69) is 30.7 Å². The summed E-state index contributed by atoms with van der Waals surface area (Å²) in [4.78, 5) is 15.8. The van der Waals surface area contributed by atoms with Gasteiger partial charge in [0, 0.05) is 11.5 Å². The monoisotopic (exact) mass is 417 g/mol. The van der Waals surface area contributed by atoms with E-state index in [4.69, 9.17) is 0 Å². The molecule has 158 valence electrons. The lowest BCUT2D eigenvalue weighted by Crippen LogP contribution is -2.10. The van der Waals surface area contributed by atoms with Crippen LogP contribution in [-0.4, -0.2) is 46.5 Å². The molecule has 0 spiro atoms. The van der Waals surface area contributed by atoms with Crippen LogP contribution in [0.3, 0.4) is 0 Å². The third kappa shape index (κ3) is 4.20. The highest BCUT2D eigenvalue weighted by Crippen LogP contribution is 2.30. The molecule has 9 heteroatoms. The molecule has 0 aliphatic rings. The Morgan fingerprint density at radius 3 is 2.39 bits per heavy atom. The van der Waals surface area contributed by atoms with Crippen LogP contribution in [0.4, 0.5) is 0 Å². The van der Waals surface area contributed by atoms with Gasteiger partial charge in [0.05, 0.1) is 6.54 Å². The van der Waals surface area contributed by atoms with Gasteiger partial charge in [-0.05, 0) is 28.8 Å². The van der Waals surface area contributed by atoms with Gasteiger partial charge in [0.2, 0.25) is 5.82 Å². The molecule has 2 aromatic heterocycles. The molecule has 0 aliphatic carbocycles. The Balaban J connectivity index is 1.62. The Bertz CT molecular complexity index is 1180. The summed E-state index contributed by atoms with van der Waals surface area (Å²) in [6.07, 6.45) is 0. The maximum Gasteiger partial charge on any atom is 0.314 e. The average Bonchev–Trinajstić information content (AvgIpc) is 3.44. The number of rotatable bonds is 7. The first kappa shape index (κ1) is 20.4. The van der Waals surface area contributed by atoms with Crippen molar-refractivity contribution in [3.8, 4) is 22.5 Å². The van der Waals surface area contributed by atoms with Gasteiger partial charge in [-0.25, -0.2) is 9.67 Å². The van der Waals surface area contributed by atoms with E-state index < -0.39 is 11.9 Å². The molecule has 9 nitrogen and oxygen atoms in total. The third-order valence-electron chi connectivity index (χ3n) is 5.10. The number of carboxylic acids is 1. The lowest BCUT2D eigenvalue weighted by molar-refractivity contribution is -0.138. The molecule has 1 unspecified atom stereocenters. The molecular formula is C22H23N7O2. The molecule has 2 heterocycles. The number of H-pyrrole nitrogens is 1. The summed E-state index contributed by atoms with van der Waals surface area (Å²) in [6.45, 7) is 6.16. The highest BCUT2D eigenvalue weighted by Gasteiger charge is 2.22. The quantitative estimate of drug-likeness (QED) is 0.472. The minimum Gasteiger partial charge on any atom is -0.481 e. The van der Waals surface area contributed by atoms with Crippen molar-refractivity contribution in [3.05, 3.63) is 65.7 Å². The van der Waals surface area contributed by atoms with E-state index in [0.717, 1.165) is 28.1 Å². The maximum atomic E-state index is 11.3.